The maximum Gasteiger partial charge on any atom is 0.144 e. The van der Waals surface area contributed by atoms with Crippen LogP contribution in [0.15, 0.2) is 18.2 Å². The molecule has 1 aromatic carbocycles. The van der Waals surface area contributed by atoms with Crippen molar-refractivity contribution in [2.45, 2.75) is 19.3 Å². The summed E-state index contributed by atoms with van der Waals surface area (Å²) in [5.41, 5.74) is 0.603. The van der Waals surface area contributed by atoms with Crippen molar-refractivity contribution in [1.82, 2.24) is 0 Å². The number of ether oxygens (including phenoxy) is 1. The molecule has 0 spiro atoms. The van der Waals surface area contributed by atoms with Gasteiger partial charge in [-0.25, -0.2) is 4.39 Å². The lowest BCUT2D eigenvalue weighted by Crippen LogP contribution is -2.33. The zero-order chi connectivity index (χ0) is 12.3. The largest absolute Gasteiger partial charge is 0.381 e. The van der Waals surface area contributed by atoms with Gasteiger partial charge in [0.1, 0.15) is 5.82 Å². The Morgan fingerprint density at radius 2 is 2.00 bits per heavy atom. The number of rotatable bonds is 3. The van der Waals surface area contributed by atoms with Gasteiger partial charge < -0.3 is 4.74 Å². The van der Waals surface area contributed by atoms with Gasteiger partial charge in [-0.2, -0.15) is 0 Å². The molecular formula is C13H15Cl2FO. The highest BCUT2D eigenvalue weighted by Crippen LogP contribution is 2.36. The first-order chi connectivity index (χ1) is 8.17. The highest BCUT2D eigenvalue weighted by atomic mass is 35.5. The number of benzene rings is 1. The maximum absolute atomic E-state index is 13.9. The molecule has 17 heavy (non-hydrogen) atoms. The Morgan fingerprint density at radius 1 is 1.29 bits per heavy atom. The van der Waals surface area contributed by atoms with Crippen LogP contribution in [0.1, 0.15) is 18.4 Å². The molecule has 1 aliphatic heterocycles. The molecule has 4 heteroatoms. The zero-order valence-electron chi connectivity index (χ0n) is 9.52. The SMILES string of the molecule is Fc1c(Cl)cccc1CC1(CCl)CCOCC1. The topological polar surface area (TPSA) is 9.23 Å². The first-order valence-corrected chi connectivity index (χ1v) is 6.65. The number of halogens is 3. The Balaban J connectivity index is 2.20. The Kier molecular flexibility index (Phi) is 4.29. The van der Waals surface area contributed by atoms with E-state index in [9.17, 15) is 4.39 Å². The van der Waals surface area contributed by atoms with E-state index in [1.54, 1.807) is 18.2 Å². The third-order valence-corrected chi connectivity index (χ3v) is 4.29. The second-order valence-electron chi connectivity index (χ2n) is 4.64. The summed E-state index contributed by atoms with van der Waals surface area (Å²) in [6.45, 7) is 1.41. The summed E-state index contributed by atoms with van der Waals surface area (Å²) < 4.78 is 19.2. The first kappa shape index (κ1) is 13.1. The Labute approximate surface area is 111 Å². The minimum Gasteiger partial charge on any atom is -0.381 e. The summed E-state index contributed by atoms with van der Waals surface area (Å²) in [4.78, 5) is 0. The molecule has 0 saturated carbocycles. The Bertz CT molecular complexity index is 389. The second kappa shape index (κ2) is 5.55. The normalized spacial score (nSPS) is 19.2. The van der Waals surface area contributed by atoms with E-state index < -0.39 is 0 Å². The number of hydrogen-bond donors (Lipinski definition) is 0. The minimum atomic E-state index is -0.315. The first-order valence-electron chi connectivity index (χ1n) is 5.73. The van der Waals surface area contributed by atoms with E-state index in [-0.39, 0.29) is 16.3 Å². The van der Waals surface area contributed by atoms with Gasteiger partial charge >= 0.3 is 0 Å². The van der Waals surface area contributed by atoms with Gasteiger partial charge in [-0.3, -0.25) is 0 Å². The average molecular weight is 277 g/mol. The smallest absolute Gasteiger partial charge is 0.144 e. The van der Waals surface area contributed by atoms with E-state index >= 15 is 0 Å². The Hall–Kier alpha value is -0.310. The van der Waals surface area contributed by atoms with Crippen LogP contribution in [-0.4, -0.2) is 19.1 Å². The number of hydrogen-bond acceptors (Lipinski definition) is 1. The van der Waals surface area contributed by atoms with Gasteiger partial charge in [0.15, 0.2) is 0 Å². The van der Waals surface area contributed by atoms with E-state index in [2.05, 4.69) is 0 Å². The molecule has 0 atom stereocenters. The molecule has 1 nitrogen and oxygen atoms in total. The molecule has 1 saturated heterocycles. The van der Waals surface area contributed by atoms with E-state index in [0.29, 0.717) is 31.1 Å². The highest BCUT2D eigenvalue weighted by molar-refractivity contribution is 6.30. The van der Waals surface area contributed by atoms with Crippen molar-refractivity contribution in [1.29, 1.82) is 0 Å². The van der Waals surface area contributed by atoms with Crippen LogP contribution in [0.3, 0.4) is 0 Å². The Morgan fingerprint density at radius 3 is 2.65 bits per heavy atom. The molecule has 1 aliphatic rings. The molecule has 94 valence electrons. The lowest BCUT2D eigenvalue weighted by atomic mass is 9.77. The highest BCUT2D eigenvalue weighted by Gasteiger charge is 2.32. The van der Waals surface area contributed by atoms with Gasteiger partial charge in [0, 0.05) is 19.1 Å². The van der Waals surface area contributed by atoms with Crippen molar-refractivity contribution < 1.29 is 9.13 Å². The lowest BCUT2D eigenvalue weighted by Gasteiger charge is -2.35. The molecule has 2 rings (SSSR count). The summed E-state index contributed by atoms with van der Waals surface area (Å²) in [5.74, 6) is 0.215. The van der Waals surface area contributed by atoms with Crippen LogP contribution in [0.25, 0.3) is 0 Å². The fourth-order valence-corrected chi connectivity index (χ4v) is 2.81. The monoisotopic (exact) mass is 276 g/mol. The third-order valence-electron chi connectivity index (χ3n) is 3.43. The van der Waals surface area contributed by atoms with Crippen LogP contribution in [0.2, 0.25) is 5.02 Å². The van der Waals surface area contributed by atoms with Crippen LogP contribution >= 0.6 is 23.2 Å². The molecule has 0 aromatic heterocycles. The van der Waals surface area contributed by atoms with Gasteiger partial charge in [-0.1, -0.05) is 23.7 Å². The summed E-state index contributed by atoms with van der Waals surface area (Å²) in [6, 6.07) is 5.13. The van der Waals surface area contributed by atoms with E-state index in [4.69, 9.17) is 27.9 Å². The molecule has 0 radical (unpaired) electrons. The molecule has 1 aromatic rings. The van der Waals surface area contributed by atoms with Crippen LogP contribution in [0.4, 0.5) is 4.39 Å². The van der Waals surface area contributed by atoms with Crippen molar-refractivity contribution in [3.8, 4) is 0 Å². The standard InChI is InChI=1S/C13H15Cl2FO/c14-9-13(4-6-17-7-5-13)8-10-2-1-3-11(15)12(10)16/h1-3H,4-9H2. The fraction of sp³-hybridized carbons (Fsp3) is 0.538. The molecular weight excluding hydrogens is 262 g/mol. The van der Waals surface area contributed by atoms with Crippen molar-refractivity contribution in [3.05, 3.63) is 34.6 Å². The summed E-state index contributed by atoms with van der Waals surface area (Å²) >= 11 is 11.9. The molecule has 1 fully saturated rings. The molecule has 1 heterocycles. The van der Waals surface area contributed by atoms with Crippen LogP contribution in [0.5, 0.6) is 0 Å². The van der Waals surface area contributed by atoms with Gasteiger partial charge in [0.2, 0.25) is 0 Å². The number of alkyl halides is 1. The van der Waals surface area contributed by atoms with Crippen LogP contribution < -0.4 is 0 Å². The fourth-order valence-electron chi connectivity index (χ4n) is 2.25. The van der Waals surface area contributed by atoms with E-state index in [0.717, 1.165) is 12.8 Å². The van der Waals surface area contributed by atoms with Gasteiger partial charge in [0.05, 0.1) is 5.02 Å². The summed E-state index contributed by atoms with van der Waals surface area (Å²) in [5, 5.41) is 0.180. The van der Waals surface area contributed by atoms with E-state index in [1.165, 1.54) is 0 Å². The van der Waals surface area contributed by atoms with E-state index in [1.807, 2.05) is 0 Å². The van der Waals surface area contributed by atoms with Crippen molar-refractivity contribution >= 4 is 23.2 Å². The van der Waals surface area contributed by atoms with Crippen molar-refractivity contribution in [2.75, 3.05) is 19.1 Å². The summed E-state index contributed by atoms with van der Waals surface area (Å²) in [6.07, 6.45) is 2.39. The molecule has 0 bridgehead atoms. The van der Waals surface area contributed by atoms with Crippen molar-refractivity contribution in [2.24, 2.45) is 5.41 Å². The molecule has 0 N–H and O–H groups in total. The van der Waals surface area contributed by atoms with Crippen LogP contribution in [-0.2, 0) is 11.2 Å². The molecule has 0 unspecified atom stereocenters. The molecule has 0 aliphatic carbocycles. The zero-order valence-corrected chi connectivity index (χ0v) is 11.0. The van der Waals surface area contributed by atoms with Crippen molar-refractivity contribution in [3.63, 3.8) is 0 Å². The van der Waals surface area contributed by atoms with Gasteiger partial charge in [0.25, 0.3) is 0 Å². The quantitative estimate of drug-likeness (QED) is 0.757. The van der Waals surface area contributed by atoms with Crippen LogP contribution in [0, 0.1) is 11.2 Å². The van der Waals surface area contributed by atoms with Gasteiger partial charge in [-0.05, 0) is 36.3 Å². The second-order valence-corrected chi connectivity index (χ2v) is 5.31. The predicted molar refractivity (Wildman–Crippen MR) is 68.3 cm³/mol. The molecule has 0 amide bonds. The minimum absolute atomic E-state index is 0.0503. The average Bonchev–Trinajstić information content (AvgIpc) is 2.36. The van der Waals surface area contributed by atoms with Gasteiger partial charge in [-0.15, -0.1) is 11.6 Å². The predicted octanol–water partition coefficient (Wildman–Crippen LogP) is 4.06. The summed E-state index contributed by atoms with van der Waals surface area (Å²) in [7, 11) is 0. The third kappa shape index (κ3) is 2.93. The lowest BCUT2D eigenvalue weighted by molar-refractivity contribution is 0.0254. The maximum atomic E-state index is 13.9.